The maximum atomic E-state index is 12.8. The molecule has 3 aromatic carbocycles. The van der Waals surface area contributed by atoms with E-state index in [2.05, 4.69) is 0 Å². The Balaban J connectivity index is 2.24. The summed E-state index contributed by atoms with van der Waals surface area (Å²) in [7, 11) is 4.62. The summed E-state index contributed by atoms with van der Waals surface area (Å²) in [4.78, 5) is 12.8. The molecule has 1 aliphatic rings. The van der Waals surface area contributed by atoms with Gasteiger partial charge in [-0.15, -0.1) is 0 Å². The van der Waals surface area contributed by atoms with Crippen molar-refractivity contribution in [3.05, 3.63) is 70.3 Å². The Hall–Kier alpha value is -3.51. The van der Waals surface area contributed by atoms with E-state index >= 15 is 0 Å². The Morgan fingerprint density at radius 3 is 2.19 bits per heavy atom. The summed E-state index contributed by atoms with van der Waals surface area (Å²) < 4.78 is 17.1. The molecule has 0 aliphatic heterocycles. The highest BCUT2D eigenvalue weighted by Gasteiger charge is 2.44. The van der Waals surface area contributed by atoms with Crippen molar-refractivity contribution in [1.82, 2.24) is 0 Å². The fourth-order valence-electron chi connectivity index (χ4n) is 4.65. The highest BCUT2D eigenvalue weighted by atomic mass is 16.5. The molecule has 6 nitrogen and oxygen atoms in total. The van der Waals surface area contributed by atoms with Crippen LogP contribution in [-0.2, 0) is 5.60 Å². The van der Waals surface area contributed by atoms with Crippen molar-refractivity contribution in [2.75, 3.05) is 21.3 Å². The maximum absolute atomic E-state index is 12.8. The average molecular weight is 420 g/mol. The van der Waals surface area contributed by atoms with Crippen molar-refractivity contribution >= 4 is 16.6 Å². The Morgan fingerprint density at radius 2 is 1.55 bits per heavy atom. The smallest absolute Gasteiger partial charge is 0.189 e. The molecule has 6 heteroatoms. The Labute approximate surface area is 180 Å². The molecule has 0 saturated carbocycles. The second-order valence-electron chi connectivity index (χ2n) is 7.57. The van der Waals surface area contributed by atoms with Gasteiger partial charge in [-0.25, -0.2) is 0 Å². The van der Waals surface area contributed by atoms with Crippen molar-refractivity contribution in [3.8, 4) is 23.0 Å². The van der Waals surface area contributed by atoms with Crippen molar-refractivity contribution in [1.29, 1.82) is 0 Å². The van der Waals surface area contributed by atoms with Crippen molar-refractivity contribution in [2.24, 2.45) is 0 Å². The number of aliphatic hydroxyl groups is 1. The number of carbonyl (C=O) groups excluding carboxylic acids is 1. The Kier molecular flexibility index (Phi) is 4.90. The summed E-state index contributed by atoms with van der Waals surface area (Å²) in [6, 6.07) is 10.2. The first kappa shape index (κ1) is 20.8. The van der Waals surface area contributed by atoms with E-state index in [0.717, 1.165) is 5.39 Å². The summed E-state index contributed by atoms with van der Waals surface area (Å²) in [6.07, 6.45) is 1.46. The van der Waals surface area contributed by atoms with Crippen molar-refractivity contribution < 1.29 is 29.2 Å². The molecule has 0 fully saturated rings. The number of methoxy groups -OCH3 is 3. The first-order chi connectivity index (χ1) is 14.8. The number of aromatic hydroxyl groups is 1. The number of hydrogen-bond donors (Lipinski definition) is 2. The third-order valence-corrected chi connectivity index (χ3v) is 5.90. The average Bonchev–Trinajstić information content (AvgIpc) is 2.75. The van der Waals surface area contributed by atoms with Gasteiger partial charge in [0, 0.05) is 27.6 Å². The second kappa shape index (κ2) is 7.32. The van der Waals surface area contributed by atoms with Gasteiger partial charge < -0.3 is 24.4 Å². The third kappa shape index (κ3) is 2.79. The van der Waals surface area contributed by atoms with Gasteiger partial charge in [0.05, 0.1) is 26.7 Å². The zero-order valence-electron chi connectivity index (χ0n) is 18.1. The van der Waals surface area contributed by atoms with Crippen LogP contribution in [0.1, 0.15) is 34.0 Å². The van der Waals surface area contributed by atoms with E-state index in [1.807, 2.05) is 19.1 Å². The van der Waals surface area contributed by atoms with Gasteiger partial charge in [-0.1, -0.05) is 24.3 Å². The summed E-state index contributed by atoms with van der Waals surface area (Å²) in [5, 5.41) is 24.2. The molecule has 0 amide bonds. The number of allylic oxidation sites excluding steroid dienone is 1. The molecule has 1 aliphatic carbocycles. The topological polar surface area (TPSA) is 85.2 Å². The van der Waals surface area contributed by atoms with E-state index in [-0.39, 0.29) is 22.7 Å². The number of ether oxygens (including phenoxy) is 3. The molecule has 0 bridgehead atoms. The van der Waals surface area contributed by atoms with Crippen LogP contribution in [0.3, 0.4) is 0 Å². The standard InChI is InChI=1S/C25H24O6/c1-13-12-25(28,21-16(22(13)27)9-6-10-17(21)26)20-14(2)23(30-4)15-8-7-11-18(29-3)19(15)24(20)31-5/h6-12,26,28H,1-5H3. The highest BCUT2D eigenvalue weighted by Crippen LogP contribution is 2.53. The molecule has 2 N–H and O–H groups in total. The SMILES string of the molecule is COc1c(C)c(C2(O)C=C(C)C(=O)c3cccc(O)c32)c(OC)c2c(OC)cccc12. The van der Waals surface area contributed by atoms with Crippen LogP contribution in [0.5, 0.6) is 23.0 Å². The van der Waals surface area contributed by atoms with Gasteiger partial charge in [-0.05, 0) is 37.6 Å². The number of rotatable bonds is 4. The lowest BCUT2D eigenvalue weighted by molar-refractivity contribution is 0.0955. The molecule has 160 valence electrons. The zero-order valence-corrected chi connectivity index (χ0v) is 18.1. The number of ketones is 1. The van der Waals surface area contributed by atoms with Gasteiger partial charge >= 0.3 is 0 Å². The first-order valence-electron chi connectivity index (χ1n) is 9.80. The van der Waals surface area contributed by atoms with Crippen LogP contribution < -0.4 is 14.2 Å². The minimum atomic E-state index is -1.84. The molecular formula is C25H24O6. The van der Waals surface area contributed by atoms with Crippen LogP contribution in [0, 0.1) is 6.92 Å². The molecule has 3 aromatic rings. The van der Waals surface area contributed by atoms with Gasteiger partial charge in [-0.2, -0.15) is 0 Å². The lowest BCUT2D eigenvalue weighted by atomic mass is 9.73. The normalized spacial score (nSPS) is 17.9. The van der Waals surface area contributed by atoms with Crippen LogP contribution in [0.4, 0.5) is 0 Å². The number of hydrogen-bond acceptors (Lipinski definition) is 6. The number of phenols is 1. The molecule has 0 radical (unpaired) electrons. The molecule has 0 saturated heterocycles. The van der Waals surface area contributed by atoms with E-state index in [9.17, 15) is 15.0 Å². The summed E-state index contributed by atoms with van der Waals surface area (Å²) >= 11 is 0. The minimum Gasteiger partial charge on any atom is -0.508 e. The first-order valence-corrected chi connectivity index (χ1v) is 9.80. The summed E-state index contributed by atoms with van der Waals surface area (Å²) in [6.45, 7) is 3.45. The fraction of sp³-hybridized carbons (Fsp3) is 0.240. The quantitative estimate of drug-likeness (QED) is 0.656. The van der Waals surface area contributed by atoms with Gasteiger partial charge in [0.15, 0.2) is 5.78 Å². The predicted molar refractivity (Wildman–Crippen MR) is 118 cm³/mol. The van der Waals surface area contributed by atoms with E-state index in [1.54, 1.807) is 39.3 Å². The molecule has 4 rings (SSSR count). The van der Waals surface area contributed by atoms with Crippen molar-refractivity contribution in [2.45, 2.75) is 19.4 Å². The van der Waals surface area contributed by atoms with Gasteiger partial charge in [0.25, 0.3) is 0 Å². The minimum absolute atomic E-state index is 0.114. The predicted octanol–water partition coefficient (Wildman–Crippen LogP) is 4.26. The lowest BCUT2D eigenvalue weighted by Gasteiger charge is -2.35. The zero-order chi connectivity index (χ0) is 22.5. The summed E-state index contributed by atoms with van der Waals surface area (Å²) in [5.41, 5.74) is -0.127. The van der Waals surface area contributed by atoms with Crippen molar-refractivity contribution in [3.63, 3.8) is 0 Å². The lowest BCUT2D eigenvalue weighted by Crippen LogP contribution is -2.33. The van der Waals surface area contributed by atoms with E-state index in [0.29, 0.717) is 39.3 Å². The number of Topliss-reactive ketones (excluding diaryl/α,β-unsaturated/α-hetero) is 1. The van der Waals surface area contributed by atoms with E-state index in [1.165, 1.54) is 19.3 Å². The largest absolute Gasteiger partial charge is 0.508 e. The van der Waals surface area contributed by atoms with Gasteiger partial charge in [0.1, 0.15) is 28.6 Å². The van der Waals surface area contributed by atoms with Gasteiger partial charge in [0.2, 0.25) is 0 Å². The van der Waals surface area contributed by atoms with E-state index in [4.69, 9.17) is 14.2 Å². The maximum Gasteiger partial charge on any atom is 0.189 e. The molecule has 1 unspecified atom stereocenters. The molecule has 31 heavy (non-hydrogen) atoms. The number of benzene rings is 3. The van der Waals surface area contributed by atoms with Crippen LogP contribution in [0.15, 0.2) is 48.0 Å². The number of fused-ring (bicyclic) bond motifs is 2. The number of phenolic OH excluding ortho intramolecular Hbond substituents is 1. The molecule has 0 spiro atoms. The van der Waals surface area contributed by atoms with Crippen LogP contribution in [0.2, 0.25) is 0 Å². The molecular weight excluding hydrogens is 396 g/mol. The third-order valence-electron chi connectivity index (χ3n) is 5.90. The summed E-state index contributed by atoms with van der Waals surface area (Å²) in [5.74, 6) is 1.02. The highest BCUT2D eigenvalue weighted by molar-refractivity contribution is 6.12. The van der Waals surface area contributed by atoms with Crippen LogP contribution in [-0.4, -0.2) is 37.3 Å². The second-order valence-corrected chi connectivity index (χ2v) is 7.57. The monoisotopic (exact) mass is 420 g/mol. The van der Waals surface area contributed by atoms with E-state index < -0.39 is 5.60 Å². The fourth-order valence-corrected chi connectivity index (χ4v) is 4.65. The van der Waals surface area contributed by atoms with Crippen LogP contribution >= 0.6 is 0 Å². The number of carbonyl (C=O) groups is 1. The molecule has 0 heterocycles. The van der Waals surface area contributed by atoms with Gasteiger partial charge in [-0.3, -0.25) is 4.79 Å². The van der Waals surface area contributed by atoms with Crippen LogP contribution in [0.25, 0.3) is 10.8 Å². The Bertz CT molecular complexity index is 1260. The molecule has 0 aromatic heterocycles. The Morgan fingerprint density at radius 1 is 0.871 bits per heavy atom. The molecule has 1 atom stereocenters.